The molecule has 1 rings (SSSR count). The second-order valence-corrected chi connectivity index (χ2v) is 2.51. The summed E-state index contributed by atoms with van der Waals surface area (Å²) < 4.78 is 16.4. The molecule has 1 fully saturated rings. The van der Waals surface area contributed by atoms with Crippen LogP contribution in [0.5, 0.6) is 0 Å². The number of alkyl carbamates (subject to hydrolysis) is 1. The number of alkyl halides is 1. The van der Waals surface area contributed by atoms with Gasteiger partial charge in [0.2, 0.25) is 0 Å². The van der Waals surface area contributed by atoms with Crippen molar-refractivity contribution in [2.24, 2.45) is 0 Å². The fraction of sp³-hybridized carbons (Fsp3) is 0.667. The molecule has 1 N–H and O–H groups in total. The maximum atomic E-state index is 11.8. The van der Waals surface area contributed by atoms with Crippen molar-refractivity contribution < 1.29 is 18.7 Å². The number of imide groups is 1. The summed E-state index contributed by atoms with van der Waals surface area (Å²) in [5.41, 5.74) is -1.30. The van der Waals surface area contributed by atoms with E-state index in [-0.39, 0.29) is 6.42 Å². The number of carbonyl (C=O) groups is 2. The summed E-state index contributed by atoms with van der Waals surface area (Å²) in [4.78, 5) is 21.3. The highest BCUT2D eigenvalue weighted by atomic mass is 19.1. The van der Waals surface area contributed by atoms with E-state index >= 15 is 0 Å². The normalized spacial score (nSPS) is 30.0. The number of hydrogen-bond acceptors (Lipinski definition) is 3. The number of cyclic esters (lactones) is 1. The molecule has 0 bridgehead atoms. The maximum Gasteiger partial charge on any atom is 0.415 e. The van der Waals surface area contributed by atoms with Gasteiger partial charge in [-0.15, -0.1) is 0 Å². The van der Waals surface area contributed by atoms with Crippen LogP contribution >= 0.6 is 0 Å². The van der Waals surface area contributed by atoms with Crippen molar-refractivity contribution in [3.05, 3.63) is 0 Å². The first-order valence-corrected chi connectivity index (χ1v) is 3.19. The van der Waals surface area contributed by atoms with Crippen molar-refractivity contribution in [2.45, 2.75) is 18.9 Å². The average molecular weight is 161 g/mol. The Labute approximate surface area is 62.7 Å². The number of halogens is 1. The highest BCUT2D eigenvalue weighted by Crippen LogP contribution is 2.20. The second kappa shape index (κ2) is 2.48. The molecule has 0 aliphatic carbocycles. The number of hydrogen-bond donors (Lipinski definition) is 1. The van der Waals surface area contributed by atoms with E-state index in [9.17, 15) is 14.0 Å². The Bertz CT molecular complexity index is 206. The summed E-state index contributed by atoms with van der Waals surface area (Å²) in [6.45, 7) is 0.698. The van der Waals surface area contributed by atoms with E-state index in [1.54, 1.807) is 0 Å². The van der Waals surface area contributed by atoms with Gasteiger partial charge in [0.1, 0.15) is 0 Å². The maximum absolute atomic E-state index is 11.8. The van der Waals surface area contributed by atoms with Crippen LogP contribution in [0.4, 0.5) is 9.18 Å². The van der Waals surface area contributed by atoms with Gasteiger partial charge in [0.15, 0.2) is 5.60 Å². The molecule has 1 atom stereocenters. The van der Waals surface area contributed by atoms with E-state index in [2.05, 4.69) is 4.74 Å². The molecule has 4 nitrogen and oxygen atoms in total. The molecule has 1 heterocycles. The SMILES string of the molecule is CC1(CCF)OC(=O)NC1=O. The fourth-order valence-electron chi connectivity index (χ4n) is 0.846. The Morgan fingerprint density at radius 1 is 1.64 bits per heavy atom. The molecular formula is C6H8FNO3. The van der Waals surface area contributed by atoms with Crippen molar-refractivity contribution in [2.75, 3.05) is 6.67 Å². The third kappa shape index (κ3) is 1.31. The molecule has 62 valence electrons. The number of carbonyl (C=O) groups excluding carboxylic acids is 2. The zero-order chi connectivity index (χ0) is 8.48. The lowest BCUT2D eigenvalue weighted by molar-refractivity contribution is -0.130. The molecule has 0 aromatic heterocycles. The molecule has 11 heavy (non-hydrogen) atoms. The predicted octanol–water partition coefficient (Wildman–Crippen LogP) is 0.371. The Morgan fingerprint density at radius 3 is 2.64 bits per heavy atom. The zero-order valence-corrected chi connectivity index (χ0v) is 6.02. The van der Waals surface area contributed by atoms with E-state index < -0.39 is 24.3 Å². The number of amides is 2. The predicted molar refractivity (Wildman–Crippen MR) is 33.6 cm³/mol. The number of rotatable bonds is 2. The highest BCUT2D eigenvalue weighted by Gasteiger charge is 2.44. The van der Waals surface area contributed by atoms with Crippen LogP contribution in [0.25, 0.3) is 0 Å². The number of ether oxygens (including phenoxy) is 1. The lowest BCUT2D eigenvalue weighted by Gasteiger charge is -2.15. The van der Waals surface area contributed by atoms with Crippen LogP contribution < -0.4 is 5.32 Å². The van der Waals surface area contributed by atoms with Crippen LogP contribution in [-0.4, -0.2) is 24.3 Å². The monoisotopic (exact) mass is 161 g/mol. The van der Waals surface area contributed by atoms with Gasteiger partial charge in [0, 0.05) is 6.42 Å². The molecule has 1 aliphatic heterocycles. The minimum atomic E-state index is -1.30. The Morgan fingerprint density at radius 2 is 2.27 bits per heavy atom. The van der Waals surface area contributed by atoms with Gasteiger partial charge in [0.25, 0.3) is 5.91 Å². The summed E-state index contributed by atoms with van der Waals surface area (Å²) in [5.74, 6) is -0.569. The summed E-state index contributed by atoms with van der Waals surface area (Å²) in [6.07, 6.45) is -0.893. The van der Waals surface area contributed by atoms with Crippen molar-refractivity contribution in [1.82, 2.24) is 5.32 Å². The Balaban J connectivity index is 2.70. The van der Waals surface area contributed by atoms with Gasteiger partial charge >= 0.3 is 6.09 Å². The van der Waals surface area contributed by atoms with Crippen LogP contribution in [0.1, 0.15) is 13.3 Å². The topological polar surface area (TPSA) is 55.4 Å². The van der Waals surface area contributed by atoms with Crippen LogP contribution in [0.15, 0.2) is 0 Å². The third-order valence-electron chi connectivity index (χ3n) is 1.59. The van der Waals surface area contributed by atoms with Crippen LogP contribution in [0, 0.1) is 0 Å². The van der Waals surface area contributed by atoms with E-state index in [1.165, 1.54) is 6.92 Å². The Hall–Kier alpha value is -1.13. The molecule has 0 aromatic carbocycles. The van der Waals surface area contributed by atoms with E-state index in [0.29, 0.717) is 0 Å². The van der Waals surface area contributed by atoms with Crippen molar-refractivity contribution in [3.63, 3.8) is 0 Å². The third-order valence-corrected chi connectivity index (χ3v) is 1.59. The molecule has 5 heteroatoms. The van der Waals surface area contributed by atoms with E-state index in [4.69, 9.17) is 0 Å². The first-order chi connectivity index (χ1) is 5.08. The van der Waals surface area contributed by atoms with Gasteiger partial charge in [0.05, 0.1) is 6.67 Å². The summed E-state index contributed by atoms with van der Waals surface area (Å²) in [6, 6.07) is 0. The van der Waals surface area contributed by atoms with Crippen molar-refractivity contribution in [1.29, 1.82) is 0 Å². The average Bonchev–Trinajstić information content (AvgIpc) is 2.08. The minimum absolute atomic E-state index is 0.0927. The first kappa shape index (κ1) is 7.97. The molecule has 0 spiro atoms. The van der Waals surface area contributed by atoms with Gasteiger partial charge in [-0.1, -0.05) is 0 Å². The summed E-state index contributed by atoms with van der Waals surface area (Å²) >= 11 is 0. The van der Waals surface area contributed by atoms with Gasteiger partial charge in [-0.05, 0) is 6.92 Å². The van der Waals surface area contributed by atoms with Gasteiger partial charge in [-0.3, -0.25) is 14.5 Å². The smallest absolute Gasteiger partial charge is 0.415 e. The van der Waals surface area contributed by atoms with E-state index in [1.807, 2.05) is 5.32 Å². The molecule has 0 radical (unpaired) electrons. The van der Waals surface area contributed by atoms with Gasteiger partial charge in [-0.2, -0.15) is 0 Å². The standard InChI is InChI=1S/C6H8FNO3/c1-6(2-3-7)4(9)8-5(10)11-6/h2-3H2,1H3,(H,8,9,10). The lowest BCUT2D eigenvalue weighted by atomic mass is 10.0. The lowest BCUT2D eigenvalue weighted by Crippen LogP contribution is -2.36. The second-order valence-electron chi connectivity index (χ2n) is 2.51. The fourth-order valence-corrected chi connectivity index (χ4v) is 0.846. The van der Waals surface area contributed by atoms with Gasteiger partial charge < -0.3 is 4.74 Å². The first-order valence-electron chi connectivity index (χ1n) is 3.19. The summed E-state index contributed by atoms with van der Waals surface area (Å²) in [7, 11) is 0. The molecule has 0 saturated carbocycles. The van der Waals surface area contributed by atoms with Crippen LogP contribution in [0.3, 0.4) is 0 Å². The highest BCUT2D eigenvalue weighted by molar-refractivity contribution is 6.02. The van der Waals surface area contributed by atoms with Crippen LogP contribution in [0.2, 0.25) is 0 Å². The largest absolute Gasteiger partial charge is 0.433 e. The molecule has 1 saturated heterocycles. The molecular weight excluding hydrogens is 153 g/mol. The van der Waals surface area contributed by atoms with Gasteiger partial charge in [-0.25, -0.2) is 4.79 Å². The molecule has 2 amide bonds. The van der Waals surface area contributed by atoms with E-state index in [0.717, 1.165) is 0 Å². The Kier molecular flexibility index (Phi) is 1.80. The molecule has 1 aliphatic rings. The van der Waals surface area contributed by atoms with Crippen molar-refractivity contribution in [3.8, 4) is 0 Å². The minimum Gasteiger partial charge on any atom is -0.433 e. The van der Waals surface area contributed by atoms with Crippen molar-refractivity contribution >= 4 is 12.0 Å². The zero-order valence-electron chi connectivity index (χ0n) is 6.02. The number of nitrogens with one attached hydrogen (secondary N) is 1. The van der Waals surface area contributed by atoms with Crippen LogP contribution in [-0.2, 0) is 9.53 Å². The molecule has 1 unspecified atom stereocenters. The summed E-state index contributed by atoms with van der Waals surface area (Å²) in [5, 5.41) is 1.93. The quantitative estimate of drug-likeness (QED) is 0.636. The molecule has 0 aromatic rings.